The third-order valence-corrected chi connectivity index (χ3v) is 11.4. The molecule has 0 saturated carbocycles. The van der Waals surface area contributed by atoms with Crippen molar-refractivity contribution in [2.75, 3.05) is 61.4 Å². The number of alkyl halides is 1. The summed E-state index contributed by atoms with van der Waals surface area (Å²) in [6, 6.07) is 3.11. The second kappa shape index (κ2) is 8.87. The predicted molar refractivity (Wildman–Crippen MR) is 148 cm³/mol. The fraction of sp³-hybridized carbons (Fsp3) is 0.679. The number of nitriles is 1. The number of nitrogens with zero attached hydrogens (tertiary/aromatic N) is 6. The standard InChI is InChI=1S/C28H34F2N8OS/c29-16-8-28(5-1-7-38(28)10-16)15-39-26-34-24(36-11-17-2-3-18(12-36)33-17)22(30)25(35-26)37-13-27(14-37)6-4-20-21(27)19(9-31)23(32)40-20/h16-18,33H,1-8,10-15,32H2/t16?,17-,18+,28-/m0/s1. The number of halogens is 2. The molecule has 212 valence electrons. The van der Waals surface area contributed by atoms with E-state index in [2.05, 4.69) is 26.3 Å². The zero-order chi connectivity index (χ0) is 27.2. The summed E-state index contributed by atoms with van der Waals surface area (Å²) in [6.07, 6.45) is 5.49. The van der Waals surface area contributed by atoms with Gasteiger partial charge in [-0.15, -0.1) is 11.3 Å². The maximum absolute atomic E-state index is 16.3. The van der Waals surface area contributed by atoms with E-state index in [1.54, 1.807) is 0 Å². The minimum Gasteiger partial charge on any atom is -0.461 e. The number of piperazine rings is 1. The van der Waals surface area contributed by atoms with E-state index in [0.717, 1.165) is 50.6 Å². The highest BCUT2D eigenvalue weighted by Crippen LogP contribution is 2.53. The van der Waals surface area contributed by atoms with Gasteiger partial charge < -0.3 is 25.6 Å². The number of anilines is 3. The summed E-state index contributed by atoms with van der Waals surface area (Å²) in [7, 11) is 0. The lowest BCUT2D eigenvalue weighted by Crippen LogP contribution is -2.59. The lowest BCUT2D eigenvalue weighted by atomic mass is 9.74. The van der Waals surface area contributed by atoms with E-state index in [-0.39, 0.29) is 22.8 Å². The molecule has 40 heavy (non-hydrogen) atoms. The normalized spacial score (nSPS) is 31.9. The van der Waals surface area contributed by atoms with Crippen LogP contribution in [0.2, 0.25) is 0 Å². The lowest BCUT2D eigenvalue weighted by Gasteiger charge is -2.49. The Hall–Kier alpha value is -2.75. The second-order valence-corrected chi connectivity index (χ2v) is 13.9. The molecule has 0 amide bonds. The number of hydrogen-bond acceptors (Lipinski definition) is 10. The summed E-state index contributed by atoms with van der Waals surface area (Å²) < 4.78 is 36.9. The Morgan fingerprint density at radius 2 is 1.88 bits per heavy atom. The first-order valence-corrected chi connectivity index (χ1v) is 15.4. The SMILES string of the molecule is N#Cc1c(N)sc2c1C1(CC2)CN(c2nc(OC[C@@]34CCCN3CC(F)C4)nc(N3C[C@H]4CC[C@@H](C3)N4)c2F)C1. The Balaban J connectivity index is 1.11. The second-order valence-electron chi connectivity index (χ2n) is 12.8. The maximum Gasteiger partial charge on any atom is 0.320 e. The lowest BCUT2D eigenvalue weighted by molar-refractivity contribution is 0.107. The molecule has 0 radical (unpaired) electrons. The van der Waals surface area contributed by atoms with Crippen LogP contribution in [0.1, 0.15) is 54.5 Å². The van der Waals surface area contributed by atoms with Gasteiger partial charge in [0.05, 0.1) is 11.1 Å². The fourth-order valence-electron chi connectivity index (χ4n) is 8.48. The minimum atomic E-state index is -0.849. The average Bonchev–Trinajstić information content (AvgIpc) is 3.69. The quantitative estimate of drug-likeness (QED) is 0.563. The number of nitrogens with two attached hydrogens (primary N) is 1. The number of ether oxygens (including phenoxy) is 1. The molecular formula is C28H34F2N8OS. The molecule has 2 bridgehead atoms. The number of hydrogen-bond donors (Lipinski definition) is 2. The highest BCUT2D eigenvalue weighted by molar-refractivity contribution is 7.16. The van der Waals surface area contributed by atoms with Gasteiger partial charge in [0.2, 0.25) is 5.82 Å². The number of thiophene rings is 1. The average molecular weight is 569 g/mol. The Morgan fingerprint density at radius 3 is 2.62 bits per heavy atom. The van der Waals surface area contributed by atoms with Crippen molar-refractivity contribution in [3.8, 4) is 12.1 Å². The van der Waals surface area contributed by atoms with Crippen molar-refractivity contribution in [1.82, 2.24) is 20.2 Å². The van der Waals surface area contributed by atoms with Crippen LogP contribution in [0, 0.1) is 17.1 Å². The number of aromatic nitrogens is 2. The molecule has 2 aromatic rings. The molecule has 12 heteroatoms. The van der Waals surface area contributed by atoms with Gasteiger partial charge in [0.15, 0.2) is 11.6 Å². The number of nitrogens with one attached hydrogen (secondary N) is 1. The van der Waals surface area contributed by atoms with Crippen molar-refractivity contribution >= 4 is 28.0 Å². The Morgan fingerprint density at radius 1 is 1.12 bits per heavy atom. The van der Waals surface area contributed by atoms with Gasteiger partial charge >= 0.3 is 6.01 Å². The maximum atomic E-state index is 16.3. The van der Waals surface area contributed by atoms with Crippen molar-refractivity contribution in [1.29, 1.82) is 5.26 Å². The van der Waals surface area contributed by atoms with Gasteiger partial charge in [-0.3, -0.25) is 4.90 Å². The number of fused-ring (bicyclic) bond motifs is 5. The van der Waals surface area contributed by atoms with Crippen molar-refractivity contribution in [2.24, 2.45) is 0 Å². The van der Waals surface area contributed by atoms with E-state index in [4.69, 9.17) is 10.5 Å². The minimum absolute atomic E-state index is 0.159. The monoisotopic (exact) mass is 568 g/mol. The molecule has 5 aliphatic heterocycles. The van der Waals surface area contributed by atoms with Crippen LogP contribution < -0.4 is 25.6 Å². The topological polar surface area (TPSA) is 107 Å². The van der Waals surface area contributed by atoms with E-state index in [1.807, 2.05) is 9.80 Å². The van der Waals surface area contributed by atoms with Crippen LogP contribution in [0.25, 0.3) is 0 Å². The van der Waals surface area contributed by atoms with Crippen LogP contribution in [0.3, 0.4) is 0 Å². The van der Waals surface area contributed by atoms with Crippen LogP contribution in [0.15, 0.2) is 0 Å². The summed E-state index contributed by atoms with van der Waals surface area (Å²) in [5.74, 6) is 0.124. The van der Waals surface area contributed by atoms with Gasteiger partial charge in [0.1, 0.15) is 23.8 Å². The molecule has 1 aliphatic carbocycles. The molecule has 4 atom stereocenters. The van der Waals surface area contributed by atoms with Crippen LogP contribution in [-0.2, 0) is 11.8 Å². The fourth-order valence-corrected chi connectivity index (χ4v) is 9.62. The number of nitrogen functional groups attached to an aromatic ring is 1. The molecule has 1 unspecified atom stereocenters. The summed E-state index contributed by atoms with van der Waals surface area (Å²) in [6.45, 7) is 4.16. The highest BCUT2D eigenvalue weighted by Gasteiger charge is 2.53. The van der Waals surface area contributed by atoms with Gasteiger partial charge in [-0.25, -0.2) is 4.39 Å². The molecule has 5 saturated heterocycles. The molecule has 2 aromatic heterocycles. The summed E-state index contributed by atoms with van der Waals surface area (Å²) in [4.78, 5) is 16.6. The largest absolute Gasteiger partial charge is 0.461 e. The van der Waals surface area contributed by atoms with E-state index < -0.39 is 12.0 Å². The molecule has 1 spiro atoms. The third kappa shape index (κ3) is 3.66. The van der Waals surface area contributed by atoms with E-state index in [9.17, 15) is 9.65 Å². The zero-order valence-corrected chi connectivity index (χ0v) is 23.3. The van der Waals surface area contributed by atoms with E-state index >= 15 is 4.39 Å². The van der Waals surface area contributed by atoms with Crippen LogP contribution in [-0.4, -0.2) is 84.5 Å². The summed E-state index contributed by atoms with van der Waals surface area (Å²) in [5.41, 5.74) is 7.27. The Labute approximate surface area is 236 Å². The predicted octanol–water partition coefficient (Wildman–Crippen LogP) is 2.73. The zero-order valence-electron chi connectivity index (χ0n) is 22.5. The molecule has 3 N–H and O–H groups in total. The van der Waals surface area contributed by atoms with Gasteiger partial charge in [-0.1, -0.05) is 0 Å². The number of rotatable bonds is 5. The highest BCUT2D eigenvalue weighted by atomic mass is 32.1. The van der Waals surface area contributed by atoms with Crippen LogP contribution in [0.5, 0.6) is 6.01 Å². The Kier molecular flexibility index (Phi) is 5.55. The number of aryl methyl sites for hydroxylation is 1. The molecule has 7 heterocycles. The van der Waals surface area contributed by atoms with E-state index in [1.165, 1.54) is 16.2 Å². The summed E-state index contributed by atoms with van der Waals surface area (Å²) in [5, 5.41) is 14.0. The van der Waals surface area contributed by atoms with Crippen LogP contribution >= 0.6 is 11.3 Å². The van der Waals surface area contributed by atoms with Gasteiger partial charge in [0.25, 0.3) is 0 Å². The first kappa shape index (κ1) is 25.0. The van der Waals surface area contributed by atoms with Crippen molar-refractivity contribution in [2.45, 2.75) is 74.2 Å². The molecular weight excluding hydrogens is 534 g/mol. The van der Waals surface area contributed by atoms with Crippen molar-refractivity contribution in [3.05, 3.63) is 21.8 Å². The summed E-state index contributed by atoms with van der Waals surface area (Å²) >= 11 is 1.51. The molecule has 8 rings (SSSR count). The van der Waals surface area contributed by atoms with Gasteiger partial charge in [-0.05, 0) is 50.6 Å². The van der Waals surface area contributed by atoms with Crippen molar-refractivity contribution in [3.63, 3.8) is 0 Å². The molecule has 0 aromatic carbocycles. The van der Waals surface area contributed by atoms with E-state index in [0.29, 0.717) is 74.2 Å². The van der Waals surface area contributed by atoms with Crippen molar-refractivity contribution < 1.29 is 13.5 Å². The van der Waals surface area contributed by atoms with Gasteiger partial charge in [0, 0.05) is 61.5 Å². The third-order valence-electron chi connectivity index (χ3n) is 10.3. The molecule has 5 fully saturated rings. The smallest absolute Gasteiger partial charge is 0.320 e. The van der Waals surface area contributed by atoms with Gasteiger partial charge in [-0.2, -0.15) is 19.6 Å². The Bertz CT molecular complexity index is 1390. The first-order valence-electron chi connectivity index (χ1n) is 14.5. The molecule has 6 aliphatic rings. The van der Waals surface area contributed by atoms with Crippen LogP contribution in [0.4, 0.5) is 25.4 Å². The molecule has 9 nitrogen and oxygen atoms in total. The first-order chi connectivity index (χ1) is 19.4.